The fourth-order valence-corrected chi connectivity index (χ4v) is 3.47. The molecule has 0 aromatic heterocycles. The van der Waals surface area contributed by atoms with Gasteiger partial charge in [-0.15, -0.1) is 0 Å². The number of likely N-dealkylation sites (tertiary alicyclic amines) is 1. The van der Waals surface area contributed by atoms with Crippen LogP contribution in [0.2, 0.25) is 0 Å². The van der Waals surface area contributed by atoms with Crippen molar-refractivity contribution in [3.8, 4) is 0 Å². The van der Waals surface area contributed by atoms with Crippen molar-refractivity contribution in [3.05, 3.63) is 0 Å². The highest BCUT2D eigenvalue weighted by Gasteiger charge is 2.40. The number of piperidine rings is 1. The van der Waals surface area contributed by atoms with E-state index in [2.05, 4.69) is 13.8 Å². The Balaban J connectivity index is 2.68. The molecule has 0 unspecified atom stereocenters. The van der Waals surface area contributed by atoms with E-state index in [1.165, 1.54) is 0 Å². The summed E-state index contributed by atoms with van der Waals surface area (Å²) in [5, 5.41) is 9.46. The summed E-state index contributed by atoms with van der Waals surface area (Å²) in [6, 6.07) is 0. The molecular weight excluding hydrogens is 266 g/mol. The average Bonchev–Trinajstić information content (AvgIpc) is 2.52. The summed E-state index contributed by atoms with van der Waals surface area (Å²) in [6.45, 7) is 9.74. The Kier molecular flexibility index (Phi) is 6.24. The van der Waals surface area contributed by atoms with Gasteiger partial charge >= 0.3 is 5.97 Å². The zero-order valence-corrected chi connectivity index (χ0v) is 14.1. The summed E-state index contributed by atoms with van der Waals surface area (Å²) in [5.41, 5.74) is -0.503. The van der Waals surface area contributed by atoms with Crippen molar-refractivity contribution in [2.75, 3.05) is 13.1 Å². The lowest BCUT2D eigenvalue weighted by Gasteiger charge is -2.42. The molecule has 0 aromatic rings. The van der Waals surface area contributed by atoms with E-state index in [1.807, 2.05) is 18.7 Å². The van der Waals surface area contributed by atoms with E-state index in [0.29, 0.717) is 18.3 Å². The third kappa shape index (κ3) is 3.78. The van der Waals surface area contributed by atoms with Crippen molar-refractivity contribution in [1.29, 1.82) is 0 Å². The highest BCUT2D eigenvalue weighted by atomic mass is 16.4. The van der Waals surface area contributed by atoms with Crippen LogP contribution in [0.3, 0.4) is 0 Å². The minimum absolute atomic E-state index is 0.0157. The van der Waals surface area contributed by atoms with Crippen molar-refractivity contribution >= 4 is 11.9 Å². The van der Waals surface area contributed by atoms with E-state index in [-0.39, 0.29) is 12.3 Å². The first-order valence-electron chi connectivity index (χ1n) is 8.39. The number of aliphatic carboxylic acids is 1. The first kappa shape index (κ1) is 18.0. The first-order chi connectivity index (χ1) is 9.88. The molecule has 1 aliphatic rings. The number of carbonyl (C=O) groups is 2. The zero-order chi connectivity index (χ0) is 16.1. The molecule has 1 aliphatic heterocycles. The number of amides is 1. The van der Waals surface area contributed by atoms with Gasteiger partial charge in [-0.3, -0.25) is 9.59 Å². The maximum Gasteiger partial charge on any atom is 0.310 e. The normalized spacial score (nSPS) is 18.6. The van der Waals surface area contributed by atoms with Crippen LogP contribution in [0, 0.1) is 10.8 Å². The van der Waals surface area contributed by atoms with Gasteiger partial charge in [-0.05, 0) is 31.1 Å². The van der Waals surface area contributed by atoms with Gasteiger partial charge in [-0.2, -0.15) is 0 Å². The van der Waals surface area contributed by atoms with Crippen molar-refractivity contribution < 1.29 is 14.7 Å². The van der Waals surface area contributed by atoms with Gasteiger partial charge in [0.1, 0.15) is 0 Å². The summed E-state index contributed by atoms with van der Waals surface area (Å²) in [6.07, 6.45) is 5.57. The second-order valence-electron chi connectivity index (χ2n) is 6.56. The van der Waals surface area contributed by atoms with E-state index >= 15 is 0 Å². The van der Waals surface area contributed by atoms with Gasteiger partial charge in [0.2, 0.25) is 5.91 Å². The number of hydrogen-bond donors (Lipinski definition) is 1. The Hall–Kier alpha value is -1.06. The van der Waals surface area contributed by atoms with Gasteiger partial charge in [0, 0.05) is 19.5 Å². The van der Waals surface area contributed by atoms with Crippen LogP contribution in [-0.4, -0.2) is 35.0 Å². The quantitative estimate of drug-likeness (QED) is 0.779. The Morgan fingerprint density at radius 2 is 1.52 bits per heavy atom. The van der Waals surface area contributed by atoms with Gasteiger partial charge in [0.25, 0.3) is 0 Å². The molecular formula is C17H31NO3. The zero-order valence-electron chi connectivity index (χ0n) is 14.1. The maximum absolute atomic E-state index is 12.5. The Morgan fingerprint density at radius 1 is 1.05 bits per heavy atom. The van der Waals surface area contributed by atoms with E-state index in [4.69, 9.17) is 0 Å². The minimum atomic E-state index is -0.888. The van der Waals surface area contributed by atoms with Crippen LogP contribution < -0.4 is 0 Å². The average molecular weight is 297 g/mol. The number of carbonyl (C=O) groups excluding carboxylic acids is 1. The van der Waals surface area contributed by atoms with Crippen LogP contribution in [0.5, 0.6) is 0 Å². The molecule has 0 saturated carbocycles. The van der Waals surface area contributed by atoms with Crippen LogP contribution in [-0.2, 0) is 9.59 Å². The summed E-state index contributed by atoms with van der Waals surface area (Å²) in [5.74, 6) is -0.823. The second-order valence-corrected chi connectivity index (χ2v) is 6.56. The molecule has 0 aromatic carbocycles. The highest BCUT2D eigenvalue weighted by Crippen LogP contribution is 2.39. The highest BCUT2D eigenvalue weighted by molar-refractivity contribution is 5.85. The smallest absolute Gasteiger partial charge is 0.310 e. The van der Waals surface area contributed by atoms with Gasteiger partial charge in [-0.25, -0.2) is 0 Å². The summed E-state index contributed by atoms with van der Waals surface area (Å²) >= 11 is 0. The third-order valence-corrected chi connectivity index (χ3v) is 5.97. The van der Waals surface area contributed by atoms with Crippen LogP contribution in [0.4, 0.5) is 0 Å². The van der Waals surface area contributed by atoms with Crippen molar-refractivity contribution in [2.24, 2.45) is 10.8 Å². The lowest BCUT2D eigenvalue weighted by atomic mass is 9.73. The number of nitrogens with zero attached hydrogens (tertiary/aromatic N) is 1. The van der Waals surface area contributed by atoms with Crippen LogP contribution in [0.1, 0.15) is 72.6 Å². The molecule has 1 N–H and O–H groups in total. The molecule has 1 amide bonds. The second kappa shape index (κ2) is 7.28. The summed E-state index contributed by atoms with van der Waals surface area (Å²) in [4.78, 5) is 25.9. The number of carboxylic acids is 1. The number of rotatable bonds is 7. The van der Waals surface area contributed by atoms with Crippen molar-refractivity contribution in [2.45, 2.75) is 72.6 Å². The SMILES string of the molecule is CCC1(CC)CCN(C(=O)CC(CC)(CC)C(=O)O)CC1. The summed E-state index contributed by atoms with van der Waals surface area (Å²) < 4.78 is 0. The fraction of sp³-hybridized carbons (Fsp3) is 0.882. The predicted octanol–water partition coefficient (Wildman–Crippen LogP) is 3.70. The third-order valence-electron chi connectivity index (χ3n) is 5.97. The number of hydrogen-bond acceptors (Lipinski definition) is 2. The minimum Gasteiger partial charge on any atom is -0.481 e. The largest absolute Gasteiger partial charge is 0.481 e. The maximum atomic E-state index is 12.5. The molecule has 0 spiro atoms. The molecule has 4 heteroatoms. The van der Waals surface area contributed by atoms with Gasteiger partial charge in [0.05, 0.1) is 5.41 Å². The molecule has 0 radical (unpaired) electrons. The standard InChI is InChI=1S/C17H31NO3/c1-5-16(6-2)9-11-18(12-10-16)14(19)13-17(7-3,8-4)15(20)21/h5-13H2,1-4H3,(H,20,21). The lowest BCUT2D eigenvalue weighted by molar-refractivity contribution is -0.155. The molecule has 21 heavy (non-hydrogen) atoms. The Morgan fingerprint density at radius 3 is 1.86 bits per heavy atom. The molecule has 0 atom stereocenters. The molecule has 1 saturated heterocycles. The molecule has 4 nitrogen and oxygen atoms in total. The molecule has 122 valence electrons. The van der Waals surface area contributed by atoms with E-state index in [0.717, 1.165) is 38.8 Å². The Bertz CT molecular complexity index is 360. The molecule has 0 bridgehead atoms. The van der Waals surface area contributed by atoms with E-state index < -0.39 is 11.4 Å². The van der Waals surface area contributed by atoms with Gasteiger partial charge in [-0.1, -0.05) is 40.5 Å². The van der Waals surface area contributed by atoms with E-state index in [1.54, 1.807) is 0 Å². The monoisotopic (exact) mass is 297 g/mol. The van der Waals surface area contributed by atoms with Crippen molar-refractivity contribution in [3.63, 3.8) is 0 Å². The predicted molar refractivity (Wildman–Crippen MR) is 84.1 cm³/mol. The molecule has 1 rings (SSSR count). The Labute approximate surface area is 128 Å². The topological polar surface area (TPSA) is 57.6 Å². The molecule has 1 heterocycles. The van der Waals surface area contributed by atoms with E-state index in [9.17, 15) is 14.7 Å². The van der Waals surface area contributed by atoms with Crippen LogP contribution >= 0.6 is 0 Å². The fourth-order valence-electron chi connectivity index (χ4n) is 3.47. The lowest BCUT2D eigenvalue weighted by Crippen LogP contribution is -2.45. The molecule has 0 aliphatic carbocycles. The summed E-state index contributed by atoms with van der Waals surface area (Å²) in [7, 11) is 0. The van der Waals surface area contributed by atoms with Gasteiger partial charge < -0.3 is 10.0 Å². The van der Waals surface area contributed by atoms with Crippen LogP contribution in [0.25, 0.3) is 0 Å². The first-order valence-corrected chi connectivity index (χ1v) is 8.39. The molecule has 1 fully saturated rings. The van der Waals surface area contributed by atoms with Crippen molar-refractivity contribution in [1.82, 2.24) is 4.90 Å². The number of carboxylic acid groups (broad SMARTS) is 1. The van der Waals surface area contributed by atoms with Gasteiger partial charge in [0.15, 0.2) is 0 Å². The van der Waals surface area contributed by atoms with Crippen LogP contribution in [0.15, 0.2) is 0 Å².